The van der Waals surface area contributed by atoms with E-state index in [0.717, 1.165) is 63.6 Å². The summed E-state index contributed by atoms with van der Waals surface area (Å²) >= 11 is 0. The van der Waals surface area contributed by atoms with Crippen LogP contribution in [0.5, 0.6) is 0 Å². The van der Waals surface area contributed by atoms with Crippen molar-refractivity contribution in [2.45, 2.75) is 70.8 Å². The predicted octanol–water partition coefficient (Wildman–Crippen LogP) is 4.27. The van der Waals surface area contributed by atoms with Gasteiger partial charge in [0.25, 0.3) is 0 Å². The van der Waals surface area contributed by atoms with Crippen molar-refractivity contribution >= 4 is 5.78 Å². The highest BCUT2D eigenvalue weighted by Gasteiger charge is 2.65. The van der Waals surface area contributed by atoms with E-state index in [1.54, 1.807) is 0 Å². The summed E-state index contributed by atoms with van der Waals surface area (Å²) in [6.45, 7) is 11.2. The van der Waals surface area contributed by atoms with Crippen LogP contribution in [0.3, 0.4) is 0 Å². The van der Waals surface area contributed by atoms with Crippen molar-refractivity contribution in [1.82, 2.24) is 5.32 Å². The molecular formula is C25H37NO2. The SMILES string of the molecule is C=C1C[C@H]2[C@@H]3CCC(=O)[C@@]3(C)CC[C@@H]2[C@@]2(C)CC[C@@H](/C=C\C3CNC3)C[C@]12O. The van der Waals surface area contributed by atoms with Crippen LogP contribution < -0.4 is 5.32 Å². The molecule has 154 valence electrons. The quantitative estimate of drug-likeness (QED) is 0.700. The summed E-state index contributed by atoms with van der Waals surface area (Å²) in [5.74, 6) is 3.21. The molecule has 0 unspecified atom stereocenters. The fraction of sp³-hybridized carbons (Fsp3) is 0.800. The molecule has 3 nitrogen and oxygen atoms in total. The van der Waals surface area contributed by atoms with E-state index in [-0.39, 0.29) is 10.8 Å². The fourth-order valence-corrected chi connectivity index (χ4v) is 7.96. The van der Waals surface area contributed by atoms with E-state index in [9.17, 15) is 9.90 Å². The zero-order valence-electron chi connectivity index (χ0n) is 17.7. The maximum atomic E-state index is 12.6. The van der Waals surface area contributed by atoms with Crippen LogP contribution >= 0.6 is 0 Å². The molecule has 5 rings (SSSR count). The third kappa shape index (κ3) is 2.45. The highest BCUT2D eigenvalue weighted by atomic mass is 16.3. The van der Waals surface area contributed by atoms with Gasteiger partial charge in [-0.3, -0.25) is 4.79 Å². The van der Waals surface area contributed by atoms with Crippen LogP contribution in [0.4, 0.5) is 0 Å². The molecule has 1 aliphatic heterocycles. The molecule has 4 saturated carbocycles. The van der Waals surface area contributed by atoms with Gasteiger partial charge in [0.1, 0.15) is 5.78 Å². The Labute approximate surface area is 170 Å². The molecule has 1 heterocycles. The van der Waals surface area contributed by atoms with Crippen LogP contribution in [0.25, 0.3) is 0 Å². The summed E-state index contributed by atoms with van der Waals surface area (Å²) in [5, 5.41) is 15.3. The molecule has 0 aromatic heterocycles. The Morgan fingerprint density at radius 1 is 1.07 bits per heavy atom. The maximum absolute atomic E-state index is 12.6. The number of ketones is 1. The summed E-state index contributed by atoms with van der Waals surface area (Å²) < 4.78 is 0. The van der Waals surface area contributed by atoms with E-state index in [0.29, 0.717) is 35.4 Å². The number of rotatable bonds is 2. The van der Waals surface area contributed by atoms with Crippen molar-refractivity contribution < 1.29 is 9.90 Å². The van der Waals surface area contributed by atoms with Crippen molar-refractivity contribution in [2.75, 3.05) is 13.1 Å². The van der Waals surface area contributed by atoms with E-state index in [1.807, 2.05) is 0 Å². The standard InChI is InChI=1S/C25H37NO2/c1-16-12-19-20-6-7-22(27)23(20,2)10-9-21(19)24(3)11-8-17(13-25(16,24)28)4-5-18-14-26-15-18/h4-5,17-21,26,28H,1,6-15H2,2-3H3/b5-4-/t17-,19+,20+,21+,23+,24-,25+/m1/s1. The van der Waals surface area contributed by atoms with Gasteiger partial charge in [0.05, 0.1) is 5.60 Å². The van der Waals surface area contributed by atoms with Gasteiger partial charge in [-0.25, -0.2) is 0 Å². The van der Waals surface area contributed by atoms with Crippen LogP contribution in [0.15, 0.2) is 24.3 Å². The van der Waals surface area contributed by atoms with Crippen LogP contribution in [0.2, 0.25) is 0 Å². The molecule has 28 heavy (non-hydrogen) atoms. The first-order valence-corrected chi connectivity index (χ1v) is 11.6. The Hall–Kier alpha value is -0.930. The van der Waals surface area contributed by atoms with Crippen molar-refractivity contribution in [1.29, 1.82) is 0 Å². The highest BCUT2D eigenvalue weighted by Crippen LogP contribution is 2.68. The monoisotopic (exact) mass is 383 g/mol. The van der Waals surface area contributed by atoms with Gasteiger partial charge in [0.2, 0.25) is 0 Å². The van der Waals surface area contributed by atoms with Crippen molar-refractivity contribution in [3.63, 3.8) is 0 Å². The van der Waals surface area contributed by atoms with E-state index < -0.39 is 5.60 Å². The Kier molecular flexibility index (Phi) is 4.28. The van der Waals surface area contributed by atoms with Crippen molar-refractivity contribution in [3.05, 3.63) is 24.3 Å². The first kappa shape index (κ1) is 19.1. The Bertz CT molecular complexity index is 724. The van der Waals surface area contributed by atoms with Gasteiger partial charge in [0, 0.05) is 36.3 Å². The van der Waals surface area contributed by atoms with Crippen LogP contribution in [-0.2, 0) is 4.79 Å². The van der Waals surface area contributed by atoms with Crippen LogP contribution in [0, 0.1) is 40.4 Å². The summed E-state index contributed by atoms with van der Waals surface area (Å²) in [7, 11) is 0. The van der Waals surface area contributed by atoms with Crippen LogP contribution in [-0.4, -0.2) is 29.6 Å². The molecule has 0 aromatic carbocycles. The van der Waals surface area contributed by atoms with E-state index in [2.05, 4.69) is 37.9 Å². The molecule has 5 aliphatic rings. The number of hydrogen-bond acceptors (Lipinski definition) is 3. The topological polar surface area (TPSA) is 49.3 Å². The first-order chi connectivity index (χ1) is 13.3. The number of aliphatic hydroxyl groups is 1. The molecule has 7 atom stereocenters. The van der Waals surface area contributed by atoms with Crippen LogP contribution in [0.1, 0.15) is 65.2 Å². The minimum atomic E-state index is -0.740. The molecule has 1 saturated heterocycles. The predicted molar refractivity (Wildman–Crippen MR) is 112 cm³/mol. The average molecular weight is 384 g/mol. The summed E-state index contributed by atoms with van der Waals surface area (Å²) in [4.78, 5) is 12.6. The first-order valence-electron chi connectivity index (χ1n) is 11.6. The van der Waals surface area contributed by atoms with Gasteiger partial charge < -0.3 is 10.4 Å². The van der Waals surface area contributed by atoms with Crippen molar-refractivity contribution in [3.8, 4) is 0 Å². The Morgan fingerprint density at radius 2 is 1.82 bits per heavy atom. The second-order valence-corrected chi connectivity index (χ2v) is 11.2. The van der Waals surface area contributed by atoms with Gasteiger partial charge >= 0.3 is 0 Å². The van der Waals surface area contributed by atoms with Gasteiger partial charge in [-0.2, -0.15) is 0 Å². The number of nitrogens with one attached hydrogen (secondary N) is 1. The fourth-order valence-electron chi connectivity index (χ4n) is 7.96. The summed E-state index contributed by atoms with van der Waals surface area (Å²) in [5.41, 5.74) is 0.130. The molecule has 4 aliphatic carbocycles. The Balaban J connectivity index is 1.41. The largest absolute Gasteiger partial charge is 0.385 e. The van der Waals surface area contributed by atoms with Crippen molar-refractivity contribution in [2.24, 2.45) is 40.4 Å². The molecule has 2 N–H and O–H groups in total. The minimum Gasteiger partial charge on any atom is -0.385 e. The van der Waals surface area contributed by atoms with E-state index >= 15 is 0 Å². The lowest BCUT2D eigenvalue weighted by Crippen LogP contribution is -2.63. The number of carbonyl (C=O) groups is 1. The number of hydrogen-bond donors (Lipinski definition) is 2. The molecule has 0 bridgehead atoms. The number of fused-ring (bicyclic) bond motifs is 5. The molecule has 3 heteroatoms. The van der Waals surface area contributed by atoms with E-state index in [4.69, 9.17) is 0 Å². The third-order valence-electron chi connectivity index (χ3n) is 10.0. The molecule has 0 aromatic rings. The van der Waals surface area contributed by atoms with Gasteiger partial charge in [-0.15, -0.1) is 0 Å². The second-order valence-electron chi connectivity index (χ2n) is 11.2. The zero-order valence-corrected chi connectivity index (χ0v) is 17.7. The summed E-state index contributed by atoms with van der Waals surface area (Å²) in [6.07, 6.45) is 12.7. The Morgan fingerprint density at radius 3 is 2.54 bits per heavy atom. The number of Topliss-reactive ketones (excluding diaryl/α,β-unsaturated/α-hetero) is 1. The smallest absolute Gasteiger partial charge is 0.139 e. The second kappa shape index (κ2) is 6.28. The molecule has 0 amide bonds. The number of carbonyl (C=O) groups excluding carboxylic acids is 1. The van der Waals surface area contributed by atoms with Gasteiger partial charge in [-0.1, -0.05) is 32.6 Å². The van der Waals surface area contributed by atoms with Gasteiger partial charge in [0.15, 0.2) is 0 Å². The average Bonchev–Trinajstić information content (AvgIpc) is 2.92. The lowest BCUT2D eigenvalue weighted by Gasteiger charge is -2.64. The third-order valence-corrected chi connectivity index (χ3v) is 10.0. The molecule has 0 spiro atoms. The molecule has 5 fully saturated rings. The number of allylic oxidation sites excluding steroid dienone is 1. The lowest BCUT2D eigenvalue weighted by molar-refractivity contribution is -0.178. The van der Waals surface area contributed by atoms with E-state index in [1.165, 1.54) is 6.42 Å². The highest BCUT2D eigenvalue weighted by molar-refractivity contribution is 5.87. The zero-order chi connectivity index (χ0) is 19.7. The molecular weight excluding hydrogens is 346 g/mol. The van der Waals surface area contributed by atoms with Gasteiger partial charge in [-0.05, 0) is 74.2 Å². The lowest BCUT2D eigenvalue weighted by atomic mass is 9.42. The minimum absolute atomic E-state index is 0.0810. The normalized spacial score (nSPS) is 51.5. The summed E-state index contributed by atoms with van der Waals surface area (Å²) in [6, 6.07) is 0. The molecule has 0 radical (unpaired) electrons. The maximum Gasteiger partial charge on any atom is 0.139 e.